The van der Waals surface area contributed by atoms with Crippen LogP contribution in [0, 0.1) is 5.92 Å². The zero-order valence-electron chi connectivity index (χ0n) is 11.6. The van der Waals surface area contributed by atoms with Crippen molar-refractivity contribution < 1.29 is 9.53 Å². The number of carbonyl (C=O) groups is 1. The van der Waals surface area contributed by atoms with Gasteiger partial charge in [-0.3, -0.25) is 4.79 Å². The van der Waals surface area contributed by atoms with E-state index in [1.165, 1.54) is 5.75 Å². The molecular formula is C13H26N2O2S. The second-order valence-electron chi connectivity index (χ2n) is 4.87. The maximum atomic E-state index is 12.5. The van der Waals surface area contributed by atoms with Gasteiger partial charge in [-0.2, -0.15) is 11.8 Å². The van der Waals surface area contributed by atoms with Crippen molar-refractivity contribution in [2.75, 3.05) is 38.3 Å². The Morgan fingerprint density at radius 1 is 1.61 bits per heavy atom. The Morgan fingerprint density at radius 3 is 2.94 bits per heavy atom. The summed E-state index contributed by atoms with van der Waals surface area (Å²) >= 11 is 1.94. The SMILES string of the molecule is COCCN(C(=O)C(C)CCCN)C1CCSC1. The standard InChI is InChI=1S/C13H26N2O2S/c1-11(4-3-6-14)13(16)15(7-8-17-2)12-5-9-18-10-12/h11-12H,3-10,14H2,1-2H3. The normalized spacial score (nSPS) is 20.9. The van der Waals surface area contributed by atoms with Crippen LogP contribution in [0.25, 0.3) is 0 Å². The molecular weight excluding hydrogens is 248 g/mol. The van der Waals surface area contributed by atoms with Gasteiger partial charge in [-0.1, -0.05) is 6.92 Å². The summed E-state index contributed by atoms with van der Waals surface area (Å²) in [5.74, 6) is 2.58. The van der Waals surface area contributed by atoms with E-state index >= 15 is 0 Å². The largest absolute Gasteiger partial charge is 0.383 e. The van der Waals surface area contributed by atoms with Gasteiger partial charge in [0.05, 0.1) is 6.61 Å². The molecule has 1 heterocycles. The molecule has 2 atom stereocenters. The van der Waals surface area contributed by atoms with Crippen LogP contribution >= 0.6 is 11.8 Å². The summed E-state index contributed by atoms with van der Waals surface area (Å²) in [6.07, 6.45) is 2.92. The van der Waals surface area contributed by atoms with Crippen LogP contribution in [-0.4, -0.2) is 55.2 Å². The Bertz CT molecular complexity index is 245. The molecule has 1 fully saturated rings. The zero-order valence-corrected chi connectivity index (χ0v) is 12.4. The third-order valence-corrected chi connectivity index (χ3v) is 4.57. The van der Waals surface area contributed by atoms with E-state index in [1.54, 1.807) is 7.11 Å². The van der Waals surface area contributed by atoms with Gasteiger partial charge in [0.1, 0.15) is 0 Å². The maximum absolute atomic E-state index is 12.5. The molecule has 106 valence electrons. The summed E-state index contributed by atoms with van der Waals surface area (Å²) in [7, 11) is 1.68. The van der Waals surface area contributed by atoms with E-state index in [0.717, 1.165) is 25.0 Å². The number of thioether (sulfide) groups is 1. The van der Waals surface area contributed by atoms with Gasteiger partial charge in [0.15, 0.2) is 0 Å². The number of methoxy groups -OCH3 is 1. The zero-order chi connectivity index (χ0) is 13.4. The first-order chi connectivity index (χ1) is 8.70. The van der Waals surface area contributed by atoms with Gasteiger partial charge in [0, 0.05) is 31.4 Å². The molecule has 0 bridgehead atoms. The van der Waals surface area contributed by atoms with Crippen molar-refractivity contribution in [3.8, 4) is 0 Å². The summed E-state index contributed by atoms with van der Waals surface area (Å²) in [5, 5.41) is 0. The van der Waals surface area contributed by atoms with Crippen LogP contribution in [0.3, 0.4) is 0 Å². The first kappa shape index (κ1) is 15.8. The van der Waals surface area contributed by atoms with Crippen molar-refractivity contribution in [2.24, 2.45) is 11.7 Å². The van der Waals surface area contributed by atoms with E-state index in [9.17, 15) is 4.79 Å². The first-order valence-electron chi connectivity index (χ1n) is 6.78. The minimum atomic E-state index is 0.0796. The van der Waals surface area contributed by atoms with E-state index in [2.05, 4.69) is 0 Å². The molecule has 1 aliphatic rings. The van der Waals surface area contributed by atoms with E-state index in [1.807, 2.05) is 23.6 Å². The lowest BCUT2D eigenvalue weighted by Gasteiger charge is -2.31. The van der Waals surface area contributed by atoms with Crippen LogP contribution in [0.5, 0.6) is 0 Å². The molecule has 1 rings (SSSR count). The van der Waals surface area contributed by atoms with Gasteiger partial charge in [-0.05, 0) is 31.6 Å². The Balaban J connectivity index is 2.53. The van der Waals surface area contributed by atoms with Gasteiger partial charge in [-0.15, -0.1) is 0 Å². The molecule has 1 amide bonds. The number of ether oxygens (including phenoxy) is 1. The summed E-state index contributed by atoms with van der Waals surface area (Å²) < 4.78 is 5.12. The molecule has 2 N–H and O–H groups in total. The molecule has 0 aliphatic carbocycles. The topological polar surface area (TPSA) is 55.6 Å². The Labute approximate surface area is 115 Å². The maximum Gasteiger partial charge on any atom is 0.225 e. The van der Waals surface area contributed by atoms with Crippen LogP contribution in [0.4, 0.5) is 0 Å². The predicted octanol–water partition coefficient (Wildman–Crippen LogP) is 1.34. The predicted molar refractivity (Wildman–Crippen MR) is 76.8 cm³/mol. The molecule has 5 heteroatoms. The smallest absolute Gasteiger partial charge is 0.225 e. The molecule has 0 radical (unpaired) electrons. The molecule has 0 saturated carbocycles. The monoisotopic (exact) mass is 274 g/mol. The van der Waals surface area contributed by atoms with Crippen molar-refractivity contribution >= 4 is 17.7 Å². The van der Waals surface area contributed by atoms with Gasteiger partial charge in [0.2, 0.25) is 5.91 Å². The first-order valence-corrected chi connectivity index (χ1v) is 7.93. The van der Waals surface area contributed by atoms with Crippen LogP contribution in [0.1, 0.15) is 26.2 Å². The number of nitrogens with two attached hydrogens (primary N) is 1. The number of hydrogen-bond donors (Lipinski definition) is 1. The minimum absolute atomic E-state index is 0.0796. The number of amides is 1. The van der Waals surface area contributed by atoms with Gasteiger partial charge in [-0.25, -0.2) is 0 Å². The fraction of sp³-hybridized carbons (Fsp3) is 0.923. The van der Waals surface area contributed by atoms with E-state index in [0.29, 0.717) is 25.7 Å². The van der Waals surface area contributed by atoms with Crippen LogP contribution in [0.15, 0.2) is 0 Å². The van der Waals surface area contributed by atoms with Gasteiger partial charge >= 0.3 is 0 Å². The van der Waals surface area contributed by atoms with Crippen molar-refractivity contribution in [1.82, 2.24) is 4.90 Å². The van der Waals surface area contributed by atoms with Crippen molar-refractivity contribution in [1.29, 1.82) is 0 Å². The second kappa shape index (κ2) is 8.77. The molecule has 1 aliphatic heterocycles. The van der Waals surface area contributed by atoms with Crippen LogP contribution in [-0.2, 0) is 9.53 Å². The fourth-order valence-electron chi connectivity index (χ4n) is 2.26. The summed E-state index contributed by atoms with van der Waals surface area (Å²) in [6.45, 7) is 4.01. The second-order valence-corrected chi connectivity index (χ2v) is 6.02. The highest BCUT2D eigenvalue weighted by molar-refractivity contribution is 7.99. The van der Waals surface area contributed by atoms with Crippen molar-refractivity contribution in [3.63, 3.8) is 0 Å². The highest BCUT2D eigenvalue weighted by atomic mass is 32.2. The quantitative estimate of drug-likeness (QED) is 0.726. The molecule has 1 saturated heterocycles. The lowest BCUT2D eigenvalue weighted by molar-refractivity contribution is -0.137. The van der Waals surface area contributed by atoms with E-state index < -0.39 is 0 Å². The molecule has 4 nitrogen and oxygen atoms in total. The third-order valence-electron chi connectivity index (χ3n) is 3.43. The molecule has 18 heavy (non-hydrogen) atoms. The van der Waals surface area contributed by atoms with Gasteiger partial charge < -0.3 is 15.4 Å². The van der Waals surface area contributed by atoms with Crippen molar-refractivity contribution in [3.05, 3.63) is 0 Å². The molecule has 2 unspecified atom stereocenters. The molecule has 0 spiro atoms. The number of carbonyl (C=O) groups excluding carboxylic acids is 1. The van der Waals surface area contributed by atoms with E-state index in [-0.39, 0.29) is 11.8 Å². The van der Waals surface area contributed by atoms with Crippen LogP contribution in [0.2, 0.25) is 0 Å². The fourth-order valence-corrected chi connectivity index (χ4v) is 3.48. The Kier molecular flexibility index (Phi) is 7.70. The van der Waals surface area contributed by atoms with E-state index in [4.69, 9.17) is 10.5 Å². The molecule has 0 aromatic carbocycles. The van der Waals surface area contributed by atoms with Crippen LogP contribution < -0.4 is 5.73 Å². The highest BCUT2D eigenvalue weighted by Crippen LogP contribution is 2.24. The number of hydrogen-bond acceptors (Lipinski definition) is 4. The number of nitrogens with zero attached hydrogens (tertiary/aromatic N) is 1. The van der Waals surface area contributed by atoms with Crippen molar-refractivity contribution in [2.45, 2.75) is 32.2 Å². The summed E-state index contributed by atoms with van der Waals surface area (Å²) in [5.41, 5.74) is 5.51. The third kappa shape index (κ3) is 4.78. The number of rotatable bonds is 8. The Morgan fingerprint density at radius 2 is 2.39 bits per heavy atom. The summed E-state index contributed by atoms with van der Waals surface area (Å²) in [4.78, 5) is 14.5. The lowest BCUT2D eigenvalue weighted by Crippen LogP contribution is -2.45. The minimum Gasteiger partial charge on any atom is -0.383 e. The average Bonchev–Trinajstić information content (AvgIpc) is 2.90. The van der Waals surface area contributed by atoms with Gasteiger partial charge in [0.25, 0.3) is 0 Å². The molecule has 0 aromatic rings. The highest BCUT2D eigenvalue weighted by Gasteiger charge is 2.29. The average molecular weight is 274 g/mol. The molecule has 0 aromatic heterocycles. The lowest BCUT2D eigenvalue weighted by atomic mass is 10.0. The summed E-state index contributed by atoms with van der Waals surface area (Å²) in [6, 6.07) is 0.401. The Hall–Kier alpha value is -0.260.